The molecular weight excluding hydrogens is 368 g/mol. The maximum absolute atomic E-state index is 13.0. The highest BCUT2D eigenvalue weighted by Gasteiger charge is 2.29. The fourth-order valence-electron chi connectivity index (χ4n) is 3.39. The highest BCUT2D eigenvalue weighted by molar-refractivity contribution is 6.03. The molecule has 1 aliphatic heterocycles. The van der Waals surface area contributed by atoms with Gasteiger partial charge in [0.2, 0.25) is 0 Å². The Kier molecular flexibility index (Phi) is 5.61. The van der Waals surface area contributed by atoms with Crippen molar-refractivity contribution in [1.29, 1.82) is 0 Å². The maximum Gasteiger partial charge on any atom is 0.289 e. The summed E-state index contributed by atoms with van der Waals surface area (Å²) in [5.74, 6) is 0.890. The number of hydrogen-bond donors (Lipinski definition) is 0. The molecule has 1 aliphatic rings. The summed E-state index contributed by atoms with van der Waals surface area (Å²) in [7, 11) is 1.64. The lowest BCUT2D eigenvalue weighted by Crippen LogP contribution is -2.37. The second kappa shape index (κ2) is 8.65. The lowest BCUT2D eigenvalue weighted by molar-refractivity contribution is 0.0387. The van der Waals surface area contributed by atoms with E-state index < -0.39 is 0 Å². The third kappa shape index (κ3) is 4.32. The molecule has 148 valence electrons. The van der Waals surface area contributed by atoms with E-state index in [1.165, 1.54) is 6.26 Å². The molecule has 0 saturated heterocycles. The number of oxime groups is 1. The average molecular weight is 390 g/mol. The molecule has 1 amide bonds. The van der Waals surface area contributed by atoms with Crippen molar-refractivity contribution in [3.63, 3.8) is 0 Å². The minimum absolute atomic E-state index is 0.173. The number of ether oxygens (including phenoxy) is 1. The van der Waals surface area contributed by atoms with Crippen molar-refractivity contribution in [2.75, 3.05) is 13.7 Å². The molecule has 0 bridgehead atoms. The van der Waals surface area contributed by atoms with Gasteiger partial charge in [-0.3, -0.25) is 4.79 Å². The maximum atomic E-state index is 13.0. The van der Waals surface area contributed by atoms with Crippen LogP contribution in [0.1, 0.15) is 28.1 Å². The van der Waals surface area contributed by atoms with Crippen LogP contribution in [0.4, 0.5) is 0 Å². The number of methoxy groups -OCH3 is 1. The highest BCUT2D eigenvalue weighted by Crippen LogP contribution is 2.25. The summed E-state index contributed by atoms with van der Waals surface area (Å²) in [5, 5.41) is 4.25. The van der Waals surface area contributed by atoms with E-state index in [-0.39, 0.29) is 12.0 Å². The van der Waals surface area contributed by atoms with Crippen LogP contribution in [-0.4, -0.2) is 36.3 Å². The molecule has 1 unspecified atom stereocenters. The minimum atomic E-state index is -0.238. The van der Waals surface area contributed by atoms with Crippen LogP contribution < -0.4 is 4.74 Å². The summed E-state index contributed by atoms with van der Waals surface area (Å²) in [5.41, 5.74) is 2.76. The molecule has 0 aliphatic carbocycles. The van der Waals surface area contributed by atoms with Crippen LogP contribution in [0.25, 0.3) is 0 Å². The van der Waals surface area contributed by atoms with Gasteiger partial charge in [0.15, 0.2) is 11.9 Å². The molecule has 0 saturated carbocycles. The summed E-state index contributed by atoms with van der Waals surface area (Å²) in [4.78, 5) is 20.4. The number of nitrogens with zero attached hydrogens (tertiary/aromatic N) is 2. The van der Waals surface area contributed by atoms with Crippen LogP contribution in [0.3, 0.4) is 0 Å². The predicted octanol–water partition coefficient (Wildman–Crippen LogP) is 4.12. The Labute approximate surface area is 169 Å². The van der Waals surface area contributed by atoms with Crippen LogP contribution in [0.15, 0.2) is 82.6 Å². The summed E-state index contributed by atoms with van der Waals surface area (Å²) in [6.45, 7) is 0.862. The number of rotatable bonds is 7. The van der Waals surface area contributed by atoms with Crippen molar-refractivity contribution < 1.29 is 18.8 Å². The molecule has 4 rings (SSSR count). The zero-order chi connectivity index (χ0) is 20.1. The van der Waals surface area contributed by atoms with Crippen molar-refractivity contribution in [1.82, 2.24) is 4.90 Å². The standard InChI is InChI=1S/C23H22N2O4/c1-27-21-11-6-5-10-19(21)20-14-18(29-24-20)16-25(15-17-8-3-2-4-9-17)23(26)22-12-7-13-28-22/h2-13,18H,14-16H2,1H3. The van der Waals surface area contributed by atoms with E-state index in [1.54, 1.807) is 24.1 Å². The van der Waals surface area contributed by atoms with Gasteiger partial charge in [0.05, 0.1) is 25.6 Å². The van der Waals surface area contributed by atoms with Gasteiger partial charge in [0.25, 0.3) is 5.91 Å². The van der Waals surface area contributed by atoms with Gasteiger partial charge < -0.3 is 18.9 Å². The first-order valence-electron chi connectivity index (χ1n) is 9.47. The molecule has 29 heavy (non-hydrogen) atoms. The number of carbonyl (C=O) groups is 1. The highest BCUT2D eigenvalue weighted by atomic mass is 16.6. The molecule has 2 heterocycles. The summed E-state index contributed by atoms with van der Waals surface area (Å²) < 4.78 is 10.7. The zero-order valence-corrected chi connectivity index (χ0v) is 16.2. The van der Waals surface area contributed by atoms with E-state index in [0.29, 0.717) is 25.3 Å². The Morgan fingerprint density at radius 3 is 2.66 bits per heavy atom. The molecule has 3 aromatic rings. The fraction of sp³-hybridized carbons (Fsp3) is 0.217. The van der Waals surface area contributed by atoms with Crippen molar-refractivity contribution in [2.45, 2.75) is 19.1 Å². The van der Waals surface area contributed by atoms with Gasteiger partial charge in [0.1, 0.15) is 5.75 Å². The van der Waals surface area contributed by atoms with E-state index in [1.807, 2.05) is 54.6 Å². The first kappa shape index (κ1) is 18.8. The molecule has 0 radical (unpaired) electrons. The van der Waals surface area contributed by atoms with Crippen LogP contribution in [0.2, 0.25) is 0 Å². The van der Waals surface area contributed by atoms with E-state index in [2.05, 4.69) is 5.16 Å². The number of benzene rings is 2. The van der Waals surface area contributed by atoms with Gasteiger partial charge in [-0.25, -0.2) is 0 Å². The summed E-state index contributed by atoms with van der Waals surface area (Å²) >= 11 is 0. The minimum Gasteiger partial charge on any atom is -0.496 e. The second-order valence-corrected chi connectivity index (χ2v) is 6.82. The third-order valence-corrected chi connectivity index (χ3v) is 4.81. The molecule has 0 N–H and O–H groups in total. The van der Waals surface area contributed by atoms with Crippen LogP contribution in [0.5, 0.6) is 5.75 Å². The number of carbonyl (C=O) groups excluding carboxylic acids is 1. The van der Waals surface area contributed by atoms with E-state index in [4.69, 9.17) is 14.0 Å². The van der Waals surface area contributed by atoms with Crippen molar-refractivity contribution in [2.24, 2.45) is 5.16 Å². The first-order chi connectivity index (χ1) is 14.2. The van der Waals surface area contributed by atoms with Crippen LogP contribution in [0, 0.1) is 0 Å². The smallest absolute Gasteiger partial charge is 0.289 e. The molecule has 6 heteroatoms. The van der Waals surface area contributed by atoms with E-state index >= 15 is 0 Å². The molecule has 0 spiro atoms. The molecular formula is C23H22N2O4. The predicted molar refractivity (Wildman–Crippen MR) is 109 cm³/mol. The fourth-order valence-corrected chi connectivity index (χ4v) is 3.39. The second-order valence-electron chi connectivity index (χ2n) is 6.82. The molecule has 0 fully saturated rings. The lowest BCUT2D eigenvalue weighted by atomic mass is 10.0. The number of furan rings is 1. The van der Waals surface area contributed by atoms with Crippen molar-refractivity contribution in [3.05, 3.63) is 89.9 Å². The average Bonchev–Trinajstić information content (AvgIpc) is 3.46. The Hall–Kier alpha value is -3.54. The topological polar surface area (TPSA) is 64.3 Å². The zero-order valence-electron chi connectivity index (χ0n) is 16.2. The number of amides is 1. The molecule has 2 aromatic carbocycles. The quantitative estimate of drug-likeness (QED) is 0.609. The van der Waals surface area contributed by atoms with Gasteiger partial charge in [0, 0.05) is 18.5 Å². The summed E-state index contributed by atoms with van der Waals surface area (Å²) in [6.07, 6.45) is 1.86. The largest absolute Gasteiger partial charge is 0.496 e. The SMILES string of the molecule is COc1ccccc1C1=NOC(CN(Cc2ccccc2)C(=O)c2ccco2)C1. The Morgan fingerprint density at radius 1 is 1.10 bits per heavy atom. The van der Waals surface area contributed by atoms with Gasteiger partial charge in [-0.2, -0.15) is 0 Å². The Balaban J connectivity index is 1.49. The Morgan fingerprint density at radius 2 is 1.90 bits per heavy atom. The van der Waals surface area contributed by atoms with Crippen molar-refractivity contribution >= 4 is 11.6 Å². The van der Waals surface area contributed by atoms with Gasteiger partial charge in [-0.05, 0) is 29.8 Å². The molecule has 1 aromatic heterocycles. The monoisotopic (exact) mass is 390 g/mol. The van der Waals surface area contributed by atoms with Crippen molar-refractivity contribution in [3.8, 4) is 5.75 Å². The van der Waals surface area contributed by atoms with E-state index in [9.17, 15) is 4.79 Å². The third-order valence-electron chi connectivity index (χ3n) is 4.81. The van der Waals surface area contributed by atoms with Crippen LogP contribution in [-0.2, 0) is 11.4 Å². The normalized spacial score (nSPS) is 15.5. The van der Waals surface area contributed by atoms with Gasteiger partial charge in [-0.1, -0.05) is 47.6 Å². The molecule has 6 nitrogen and oxygen atoms in total. The number of hydrogen-bond acceptors (Lipinski definition) is 5. The first-order valence-corrected chi connectivity index (χ1v) is 9.47. The van der Waals surface area contributed by atoms with Gasteiger partial charge in [-0.15, -0.1) is 0 Å². The summed E-state index contributed by atoms with van der Waals surface area (Å²) in [6, 6.07) is 21.0. The number of para-hydroxylation sites is 1. The molecule has 1 atom stereocenters. The Bertz CT molecular complexity index is 983. The lowest BCUT2D eigenvalue weighted by Gasteiger charge is -2.24. The van der Waals surface area contributed by atoms with Crippen LogP contribution >= 0.6 is 0 Å². The van der Waals surface area contributed by atoms with Gasteiger partial charge >= 0.3 is 0 Å². The van der Waals surface area contributed by atoms with E-state index in [0.717, 1.165) is 22.6 Å².